The Bertz CT molecular complexity index is 271. The van der Waals surface area contributed by atoms with E-state index in [4.69, 9.17) is 0 Å². The number of nitrogens with zero attached hydrogens (tertiary/aromatic N) is 1. The Morgan fingerprint density at radius 3 is 2.81 bits per heavy atom. The van der Waals surface area contributed by atoms with Crippen LogP contribution in [0.4, 0.5) is 0 Å². The minimum Gasteiger partial charge on any atom is -0.351 e. The standard InChI is InChI=1S/C12H21N3O/c16-12(11-2-1-6-13-11)14-9-5-7-15(8-9)10-3-4-10/h9-11,13H,1-8H2,(H,14,16)/t9?,11-/m0/s1. The third-order valence-corrected chi connectivity index (χ3v) is 4.01. The van der Waals surface area contributed by atoms with Gasteiger partial charge in [0.15, 0.2) is 0 Å². The Balaban J connectivity index is 1.45. The lowest BCUT2D eigenvalue weighted by molar-refractivity contribution is -0.123. The molecule has 90 valence electrons. The van der Waals surface area contributed by atoms with Crippen molar-refractivity contribution in [3.63, 3.8) is 0 Å². The number of rotatable bonds is 3. The van der Waals surface area contributed by atoms with Crippen molar-refractivity contribution in [2.24, 2.45) is 0 Å². The second-order valence-corrected chi connectivity index (χ2v) is 5.37. The second kappa shape index (κ2) is 4.34. The van der Waals surface area contributed by atoms with Crippen LogP contribution in [-0.2, 0) is 4.79 Å². The van der Waals surface area contributed by atoms with Crippen molar-refractivity contribution < 1.29 is 4.79 Å². The topological polar surface area (TPSA) is 44.4 Å². The molecule has 4 nitrogen and oxygen atoms in total. The van der Waals surface area contributed by atoms with Crippen molar-refractivity contribution in [2.45, 2.75) is 50.2 Å². The minimum atomic E-state index is 0.0787. The molecule has 0 bridgehead atoms. The van der Waals surface area contributed by atoms with Crippen LogP contribution in [0.25, 0.3) is 0 Å². The van der Waals surface area contributed by atoms with Crippen LogP contribution in [0.2, 0.25) is 0 Å². The number of carbonyl (C=O) groups excluding carboxylic acids is 1. The monoisotopic (exact) mass is 223 g/mol. The number of nitrogens with one attached hydrogen (secondary N) is 2. The Labute approximate surface area is 96.8 Å². The van der Waals surface area contributed by atoms with Crippen LogP contribution in [-0.4, -0.2) is 48.6 Å². The van der Waals surface area contributed by atoms with Crippen LogP contribution < -0.4 is 10.6 Å². The van der Waals surface area contributed by atoms with Crippen molar-refractivity contribution in [3.8, 4) is 0 Å². The van der Waals surface area contributed by atoms with Gasteiger partial charge in [0.25, 0.3) is 0 Å². The first-order valence-electron chi connectivity index (χ1n) is 6.61. The van der Waals surface area contributed by atoms with Crippen molar-refractivity contribution >= 4 is 5.91 Å². The summed E-state index contributed by atoms with van der Waals surface area (Å²) in [6.07, 6.45) is 6.01. The highest BCUT2D eigenvalue weighted by atomic mass is 16.2. The zero-order chi connectivity index (χ0) is 11.0. The molecule has 1 unspecified atom stereocenters. The summed E-state index contributed by atoms with van der Waals surface area (Å²) in [5, 5.41) is 6.44. The van der Waals surface area contributed by atoms with Crippen LogP contribution in [0, 0.1) is 0 Å². The molecule has 0 aromatic carbocycles. The van der Waals surface area contributed by atoms with Crippen LogP contribution in [0.1, 0.15) is 32.1 Å². The first-order chi connectivity index (χ1) is 7.83. The molecule has 2 N–H and O–H groups in total. The fraction of sp³-hybridized carbons (Fsp3) is 0.917. The Kier molecular flexibility index (Phi) is 2.86. The third kappa shape index (κ3) is 2.23. The van der Waals surface area contributed by atoms with Gasteiger partial charge in [-0.25, -0.2) is 0 Å². The van der Waals surface area contributed by atoms with Gasteiger partial charge in [0.2, 0.25) is 5.91 Å². The second-order valence-electron chi connectivity index (χ2n) is 5.37. The van der Waals surface area contributed by atoms with E-state index in [2.05, 4.69) is 15.5 Å². The Hall–Kier alpha value is -0.610. The van der Waals surface area contributed by atoms with Crippen molar-refractivity contribution in [3.05, 3.63) is 0 Å². The average Bonchev–Trinajstić information content (AvgIpc) is 2.82. The molecular weight excluding hydrogens is 202 g/mol. The van der Waals surface area contributed by atoms with Gasteiger partial charge in [-0.1, -0.05) is 0 Å². The lowest BCUT2D eigenvalue weighted by Gasteiger charge is -2.18. The van der Waals surface area contributed by atoms with Crippen LogP contribution in [0.15, 0.2) is 0 Å². The molecule has 1 aliphatic carbocycles. The molecule has 0 spiro atoms. The summed E-state index contributed by atoms with van der Waals surface area (Å²) in [4.78, 5) is 14.4. The summed E-state index contributed by atoms with van der Waals surface area (Å²) in [5.74, 6) is 0.222. The van der Waals surface area contributed by atoms with Gasteiger partial charge in [-0.05, 0) is 38.6 Å². The average molecular weight is 223 g/mol. The molecule has 0 aromatic rings. The highest BCUT2D eigenvalue weighted by Crippen LogP contribution is 2.29. The molecule has 1 saturated carbocycles. The van der Waals surface area contributed by atoms with Crippen molar-refractivity contribution in [2.75, 3.05) is 19.6 Å². The molecule has 3 rings (SSSR count). The van der Waals surface area contributed by atoms with E-state index in [1.54, 1.807) is 0 Å². The van der Waals surface area contributed by atoms with Gasteiger partial charge in [0, 0.05) is 25.2 Å². The molecule has 0 aromatic heterocycles. The molecule has 2 aliphatic heterocycles. The maximum absolute atomic E-state index is 11.9. The SMILES string of the molecule is O=C(NC1CCN(C2CC2)C1)[C@@H]1CCCN1. The van der Waals surface area contributed by atoms with Crippen LogP contribution in [0.3, 0.4) is 0 Å². The number of likely N-dealkylation sites (tertiary alicyclic amines) is 1. The molecule has 3 fully saturated rings. The summed E-state index contributed by atoms with van der Waals surface area (Å²) in [7, 11) is 0. The summed E-state index contributed by atoms with van der Waals surface area (Å²) in [6, 6.07) is 1.32. The van der Waals surface area contributed by atoms with Crippen molar-refractivity contribution in [1.82, 2.24) is 15.5 Å². The summed E-state index contributed by atoms with van der Waals surface area (Å²) in [6.45, 7) is 3.24. The van der Waals surface area contributed by atoms with Gasteiger partial charge in [-0.3, -0.25) is 9.69 Å². The quantitative estimate of drug-likeness (QED) is 0.713. The Morgan fingerprint density at radius 2 is 2.12 bits per heavy atom. The van der Waals surface area contributed by atoms with Gasteiger partial charge in [-0.15, -0.1) is 0 Å². The normalized spacial score (nSPS) is 35.5. The highest BCUT2D eigenvalue weighted by molar-refractivity contribution is 5.82. The first-order valence-corrected chi connectivity index (χ1v) is 6.61. The predicted octanol–water partition coefficient (Wildman–Crippen LogP) is 0.0913. The fourth-order valence-electron chi connectivity index (χ4n) is 2.89. The van der Waals surface area contributed by atoms with Gasteiger partial charge in [0.05, 0.1) is 6.04 Å². The van der Waals surface area contributed by atoms with E-state index in [1.165, 1.54) is 19.4 Å². The molecule has 4 heteroatoms. The van der Waals surface area contributed by atoms with E-state index in [0.29, 0.717) is 6.04 Å². The van der Waals surface area contributed by atoms with E-state index in [1.807, 2.05) is 0 Å². The molecule has 2 saturated heterocycles. The molecular formula is C12H21N3O. The van der Waals surface area contributed by atoms with Gasteiger partial charge >= 0.3 is 0 Å². The lowest BCUT2D eigenvalue weighted by Crippen LogP contribution is -2.46. The molecule has 16 heavy (non-hydrogen) atoms. The van der Waals surface area contributed by atoms with Gasteiger partial charge in [0.1, 0.15) is 0 Å². The maximum atomic E-state index is 11.9. The van der Waals surface area contributed by atoms with E-state index >= 15 is 0 Å². The number of hydrogen-bond donors (Lipinski definition) is 2. The number of amides is 1. The van der Waals surface area contributed by atoms with E-state index in [9.17, 15) is 4.79 Å². The third-order valence-electron chi connectivity index (χ3n) is 4.01. The predicted molar refractivity (Wildman–Crippen MR) is 62.2 cm³/mol. The summed E-state index contributed by atoms with van der Waals surface area (Å²) < 4.78 is 0. The van der Waals surface area contributed by atoms with E-state index < -0.39 is 0 Å². The lowest BCUT2D eigenvalue weighted by atomic mass is 10.2. The highest BCUT2D eigenvalue weighted by Gasteiger charge is 2.35. The zero-order valence-corrected chi connectivity index (χ0v) is 9.74. The molecule has 0 radical (unpaired) electrons. The molecule has 3 aliphatic rings. The van der Waals surface area contributed by atoms with Crippen LogP contribution >= 0.6 is 0 Å². The minimum absolute atomic E-state index is 0.0787. The van der Waals surface area contributed by atoms with Gasteiger partial charge in [-0.2, -0.15) is 0 Å². The molecule has 1 amide bonds. The largest absolute Gasteiger partial charge is 0.351 e. The molecule has 2 atom stereocenters. The van der Waals surface area contributed by atoms with E-state index in [-0.39, 0.29) is 11.9 Å². The fourth-order valence-corrected chi connectivity index (χ4v) is 2.89. The Morgan fingerprint density at radius 1 is 1.25 bits per heavy atom. The maximum Gasteiger partial charge on any atom is 0.237 e. The smallest absolute Gasteiger partial charge is 0.237 e. The summed E-state index contributed by atoms with van der Waals surface area (Å²) in [5.41, 5.74) is 0. The van der Waals surface area contributed by atoms with Crippen LogP contribution in [0.5, 0.6) is 0 Å². The number of carbonyl (C=O) groups is 1. The zero-order valence-electron chi connectivity index (χ0n) is 9.74. The summed E-state index contributed by atoms with van der Waals surface area (Å²) >= 11 is 0. The molecule has 2 heterocycles. The van der Waals surface area contributed by atoms with Gasteiger partial charge < -0.3 is 10.6 Å². The van der Waals surface area contributed by atoms with E-state index in [0.717, 1.165) is 38.4 Å². The van der Waals surface area contributed by atoms with Crippen molar-refractivity contribution in [1.29, 1.82) is 0 Å². The number of hydrogen-bond acceptors (Lipinski definition) is 3. The first kappa shape index (κ1) is 10.5.